The summed E-state index contributed by atoms with van der Waals surface area (Å²) in [5.74, 6) is 0.774. The van der Waals surface area contributed by atoms with E-state index in [2.05, 4.69) is 32.9 Å². The Morgan fingerprint density at radius 3 is 2.70 bits per heavy atom. The van der Waals surface area contributed by atoms with Gasteiger partial charge in [0.2, 0.25) is 11.8 Å². The summed E-state index contributed by atoms with van der Waals surface area (Å²) in [4.78, 5) is 8.47. The molecule has 0 bridgehead atoms. The van der Waals surface area contributed by atoms with Crippen LogP contribution in [0.4, 0.5) is 5.95 Å². The van der Waals surface area contributed by atoms with Gasteiger partial charge >= 0.3 is 0 Å². The molecule has 0 spiro atoms. The van der Waals surface area contributed by atoms with Crippen LogP contribution in [-0.4, -0.2) is 16.1 Å². The Kier molecular flexibility index (Phi) is 3.28. The lowest BCUT2D eigenvalue weighted by Crippen LogP contribution is -2.09. The number of anilines is 1. The van der Waals surface area contributed by atoms with Crippen LogP contribution in [0.25, 0.3) is 22.0 Å². The first kappa shape index (κ1) is 12.9. The van der Waals surface area contributed by atoms with Crippen molar-refractivity contribution >= 4 is 28.2 Å². The molecule has 2 heterocycles. The first-order valence-corrected chi connectivity index (χ1v) is 7.34. The lowest BCUT2D eigenvalue weighted by Gasteiger charge is -2.12. The third-order valence-electron chi connectivity index (χ3n) is 2.88. The SMILES string of the molecule is CC(C)Oc1nc(N)nc2ccc(-c3ccsc3)cc12. The second kappa shape index (κ2) is 5.09. The van der Waals surface area contributed by atoms with Gasteiger partial charge in [0.15, 0.2) is 0 Å². The zero-order chi connectivity index (χ0) is 14.1. The highest BCUT2D eigenvalue weighted by atomic mass is 32.1. The fourth-order valence-corrected chi connectivity index (χ4v) is 2.70. The summed E-state index contributed by atoms with van der Waals surface area (Å²) < 4.78 is 5.75. The zero-order valence-corrected chi connectivity index (χ0v) is 12.1. The van der Waals surface area contributed by atoms with Gasteiger partial charge in [-0.3, -0.25) is 0 Å². The quantitative estimate of drug-likeness (QED) is 0.796. The van der Waals surface area contributed by atoms with Crippen LogP contribution in [0.2, 0.25) is 0 Å². The number of thiophene rings is 1. The highest BCUT2D eigenvalue weighted by Gasteiger charge is 2.10. The Labute approximate surface area is 121 Å². The molecular formula is C15H15N3OS. The van der Waals surface area contributed by atoms with E-state index in [0.29, 0.717) is 5.88 Å². The monoisotopic (exact) mass is 285 g/mol. The topological polar surface area (TPSA) is 61.0 Å². The standard InChI is InChI=1S/C15H15N3OS/c1-9(2)19-14-12-7-10(11-5-6-20-8-11)3-4-13(12)17-15(16)18-14/h3-9H,1-2H3,(H2,16,17,18). The van der Waals surface area contributed by atoms with Crippen LogP contribution in [0.15, 0.2) is 35.0 Å². The van der Waals surface area contributed by atoms with Crippen LogP contribution in [0.3, 0.4) is 0 Å². The maximum Gasteiger partial charge on any atom is 0.226 e. The van der Waals surface area contributed by atoms with E-state index in [-0.39, 0.29) is 12.1 Å². The molecule has 0 aliphatic carbocycles. The van der Waals surface area contributed by atoms with Crippen molar-refractivity contribution in [3.63, 3.8) is 0 Å². The normalized spacial score (nSPS) is 11.2. The number of aromatic nitrogens is 2. The molecule has 20 heavy (non-hydrogen) atoms. The van der Waals surface area contributed by atoms with Crippen molar-refractivity contribution < 1.29 is 4.74 Å². The van der Waals surface area contributed by atoms with Gasteiger partial charge in [-0.25, -0.2) is 4.98 Å². The number of hydrogen-bond donors (Lipinski definition) is 1. The summed E-state index contributed by atoms with van der Waals surface area (Å²) in [7, 11) is 0. The van der Waals surface area contributed by atoms with Crippen molar-refractivity contribution in [2.45, 2.75) is 20.0 Å². The van der Waals surface area contributed by atoms with Crippen LogP contribution in [0, 0.1) is 0 Å². The fourth-order valence-electron chi connectivity index (χ4n) is 2.04. The van der Waals surface area contributed by atoms with Gasteiger partial charge in [0, 0.05) is 0 Å². The molecule has 102 valence electrons. The van der Waals surface area contributed by atoms with Crippen molar-refractivity contribution in [3.05, 3.63) is 35.0 Å². The number of ether oxygens (including phenoxy) is 1. The minimum atomic E-state index is 0.0392. The van der Waals surface area contributed by atoms with E-state index in [9.17, 15) is 0 Å². The van der Waals surface area contributed by atoms with Gasteiger partial charge in [-0.2, -0.15) is 16.3 Å². The molecule has 3 aromatic rings. The maximum absolute atomic E-state index is 5.75. The minimum absolute atomic E-state index is 0.0392. The van der Waals surface area contributed by atoms with Crippen LogP contribution >= 0.6 is 11.3 Å². The average molecular weight is 285 g/mol. The van der Waals surface area contributed by atoms with Crippen molar-refractivity contribution in [1.29, 1.82) is 0 Å². The lowest BCUT2D eigenvalue weighted by molar-refractivity contribution is 0.236. The largest absolute Gasteiger partial charge is 0.474 e. The molecule has 0 radical (unpaired) electrons. The van der Waals surface area contributed by atoms with Gasteiger partial charge in [0.05, 0.1) is 17.0 Å². The first-order chi connectivity index (χ1) is 9.63. The number of nitrogens with zero attached hydrogens (tertiary/aromatic N) is 2. The average Bonchev–Trinajstić information content (AvgIpc) is 2.91. The molecule has 0 saturated carbocycles. The molecule has 0 amide bonds. The summed E-state index contributed by atoms with van der Waals surface area (Å²) in [6.45, 7) is 3.93. The van der Waals surface area contributed by atoms with Crippen LogP contribution < -0.4 is 10.5 Å². The van der Waals surface area contributed by atoms with Crippen molar-refractivity contribution in [2.24, 2.45) is 0 Å². The molecule has 2 N–H and O–H groups in total. The molecule has 0 aliphatic rings. The molecule has 4 nitrogen and oxygen atoms in total. The van der Waals surface area contributed by atoms with Crippen LogP contribution in [-0.2, 0) is 0 Å². The van der Waals surface area contributed by atoms with E-state index in [1.165, 1.54) is 5.56 Å². The molecule has 0 atom stereocenters. The van der Waals surface area contributed by atoms with Crippen molar-refractivity contribution in [1.82, 2.24) is 9.97 Å². The van der Waals surface area contributed by atoms with Crippen LogP contribution in [0.1, 0.15) is 13.8 Å². The number of rotatable bonds is 3. The lowest BCUT2D eigenvalue weighted by atomic mass is 10.1. The molecule has 2 aromatic heterocycles. The molecule has 1 aromatic carbocycles. The van der Waals surface area contributed by atoms with Gasteiger partial charge in [-0.05, 0) is 53.9 Å². The van der Waals surface area contributed by atoms with Gasteiger partial charge in [0.25, 0.3) is 0 Å². The maximum atomic E-state index is 5.75. The van der Waals surface area contributed by atoms with E-state index >= 15 is 0 Å². The summed E-state index contributed by atoms with van der Waals surface area (Å²) in [5, 5.41) is 5.06. The van der Waals surface area contributed by atoms with E-state index in [0.717, 1.165) is 16.5 Å². The van der Waals surface area contributed by atoms with Gasteiger partial charge in [-0.1, -0.05) is 6.07 Å². The summed E-state index contributed by atoms with van der Waals surface area (Å²) in [5.41, 5.74) is 8.84. The molecule has 0 fully saturated rings. The van der Waals surface area contributed by atoms with E-state index < -0.39 is 0 Å². The fraction of sp³-hybridized carbons (Fsp3) is 0.200. The number of benzene rings is 1. The van der Waals surface area contributed by atoms with E-state index in [1.807, 2.05) is 26.0 Å². The molecule has 0 unspecified atom stereocenters. The third kappa shape index (κ3) is 2.44. The zero-order valence-electron chi connectivity index (χ0n) is 11.3. The minimum Gasteiger partial charge on any atom is -0.474 e. The van der Waals surface area contributed by atoms with Crippen molar-refractivity contribution in [3.8, 4) is 17.0 Å². The molecule has 0 aliphatic heterocycles. The number of nitrogen functional groups attached to an aromatic ring is 1. The summed E-state index contributed by atoms with van der Waals surface area (Å²) in [6, 6.07) is 8.13. The second-order valence-corrected chi connectivity index (χ2v) is 5.58. The Morgan fingerprint density at radius 2 is 2.00 bits per heavy atom. The van der Waals surface area contributed by atoms with Gasteiger partial charge < -0.3 is 10.5 Å². The van der Waals surface area contributed by atoms with E-state index in [4.69, 9.17) is 10.5 Å². The molecular weight excluding hydrogens is 270 g/mol. The Hall–Kier alpha value is -2.14. The predicted octanol–water partition coefficient (Wildman–Crippen LogP) is 3.73. The summed E-state index contributed by atoms with van der Waals surface area (Å²) >= 11 is 1.67. The molecule has 0 saturated heterocycles. The summed E-state index contributed by atoms with van der Waals surface area (Å²) in [6.07, 6.45) is 0.0392. The number of hydrogen-bond acceptors (Lipinski definition) is 5. The van der Waals surface area contributed by atoms with Crippen molar-refractivity contribution in [2.75, 3.05) is 5.73 Å². The smallest absolute Gasteiger partial charge is 0.226 e. The first-order valence-electron chi connectivity index (χ1n) is 6.40. The molecule has 3 rings (SSSR count). The predicted molar refractivity (Wildman–Crippen MR) is 83.0 cm³/mol. The second-order valence-electron chi connectivity index (χ2n) is 4.80. The third-order valence-corrected chi connectivity index (χ3v) is 3.56. The number of fused-ring (bicyclic) bond motifs is 1. The van der Waals surface area contributed by atoms with Gasteiger partial charge in [-0.15, -0.1) is 0 Å². The number of nitrogens with two attached hydrogens (primary N) is 1. The Morgan fingerprint density at radius 1 is 1.15 bits per heavy atom. The highest BCUT2D eigenvalue weighted by Crippen LogP contribution is 2.30. The Bertz CT molecular complexity index is 738. The molecule has 5 heteroatoms. The highest BCUT2D eigenvalue weighted by molar-refractivity contribution is 7.08. The Balaban J connectivity index is 2.18. The van der Waals surface area contributed by atoms with E-state index in [1.54, 1.807) is 11.3 Å². The van der Waals surface area contributed by atoms with Gasteiger partial charge in [0.1, 0.15) is 0 Å². The van der Waals surface area contributed by atoms with Crippen LogP contribution in [0.5, 0.6) is 5.88 Å².